The Kier molecular flexibility index (Phi) is 4.99. The fourth-order valence-corrected chi connectivity index (χ4v) is 4.69. The van der Waals surface area contributed by atoms with Gasteiger partial charge in [0.2, 0.25) is 5.96 Å². The SMILES string of the molecule is COCCN(C1=N/C(=C\c2ccc3ncsc3c2)C(=O)N1)c1ccc2ncsc2c1. The summed E-state index contributed by atoms with van der Waals surface area (Å²) in [5, 5.41) is 2.90. The monoisotopic (exact) mass is 435 g/mol. The Morgan fingerprint density at radius 3 is 2.57 bits per heavy atom. The number of guanidine groups is 1. The van der Waals surface area contributed by atoms with E-state index >= 15 is 0 Å². The summed E-state index contributed by atoms with van der Waals surface area (Å²) in [5.74, 6) is 0.265. The van der Waals surface area contributed by atoms with Crippen LogP contribution in [0.4, 0.5) is 5.69 Å². The van der Waals surface area contributed by atoms with Gasteiger partial charge in [0, 0.05) is 19.3 Å². The molecule has 9 heteroatoms. The second kappa shape index (κ2) is 7.94. The largest absolute Gasteiger partial charge is 0.383 e. The lowest BCUT2D eigenvalue weighted by Crippen LogP contribution is -2.42. The van der Waals surface area contributed by atoms with E-state index in [0.29, 0.717) is 24.8 Å². The van der Waals surface area contributed by atoms with Gasteiger partial charge in [-0.3, -0.25) is 10.1 Å². The minimum atomic E-state index is -0.226. The van der Waals surface area contributed by atoms with Crippen LogP contribution < -0.4 is 10.2 Å². The van der Waals surface area contributed by atoms with Gasteiger partial charge in [-0.1, -0.05) is 6.07 Å². The maximum atomic E-state index is 12.6. The van der Waals surface area contributed by atoms with Gasteiger partial charge in [-0.2, -0.15) is 0 Å². The molecule has 0 saturated heterocycles. The van der Waals surface area contributed by atoms with E-state index in [1.54, 1.807) is 35.9 Å². The minimum Gasteiger partial charge on any atom is -0.383 e. The van der Waals surface area contributed by atoms with E-state index in [4.69, 9.17) is 4.74 Å². The fraction of sp³-hybridized carbons (Fsp3) is 0.143. The van der Waals surface area contributed by atoms with Crippen LogP contribution in [0.1, 0.15) is 5.56 Å². The van der Waals surface area contributed by atoms with E-state index in [-0.39, 0.29) is 5.91 Å². The molecule has 0 atom stereocenters. The van der Waals surface area contributed by atoms with Crippen molar-refractivity contribution < 1.29 is 9.53 Å². The lowest BCUT2D eigenvalue weighted by Gasteiger charge is -2.23. The van der Waals surface area contributed by atoms with Crippen LogP contribution in [0.5, 0.6) is 0 Å². The zero-order valence-corrected chi connectivity index (χ0v) is 17.7. The highest BCUT2D eigenvalue weighted by Crippen LogP contribution is 2.26. The molecule has 0 fully saturated rings. The first-order valence-corrected chi connectivity index (χ1v) is 11.0. The van der Waals surface area contributed by atoms with Crippen molar-refractivity contribution in [1.82, 2.24) is 15.3 Å². The number of aliphatic imine (C=N–C) groups is 1. The van der Waals surface area contributed by atoms with Crippen molar-refractivity contribution in [2.75, 3.05) is 25.2 Å². The number of ether oxygens (including phenoxy) is 1. The molecular formula is C21H17N5O2S2. The first-order valence-electron chi connectivity index (χ1n) is 9.26. The summed E-state index contributed by atoms with van der Waals surface area (Å²) in [6.07, 6.45) is 1.79. The molecule has 1 N–H and O–H groups in total. The number of rotatable bonds is 5. The summed E-state index contributed by atoms with van der Waals surface area (Å²) < 4.78 is 7.42. The number of hydrogen-bond donors (Lipinski definition) is 1. The first kappa shape index (κ1) is 18.9. The highest BCUT2D eigenvalue weighted by Gasteiger charge is 2.25. The van der Waals surface area contributed by atoms with Crippen molar-refractivity contribution in [2.24, 2.45) is 4.99 Å². The van der Waals surface area contributed by atoms with Crippen molar-refractivity contribution in [3.63, 3.8) is 0 Å². The van der Waals surface area contributed by atoms with E-state index < -0.39 is 0 Å². The number of carbonyl (C=O) groups is 1. The zero-order valence-electron chi connectivity index (χ0n) is 16.0. The van der Waals surface area contributed by atoms with Crippen LogP contribution >= 0.6 is 22.7 Å². The summed E-state index contributed by atoms with van der Waals surface area (Å²) in [6, 6.07) is 11.9. The second-order valence-corrected chi connectivity index (χ2v) is 8.42. The Labute approximate surface area is 180 Å². The van der Waals surface area contributed by atoms with Crippen LogP contribution in [0.25, 0.3) is 26.5 Å². The summed E-state index contributed by atoms with van der Waals surface area (Å²) in [4.78, 5) is 27.8. The summed E-state index contributed by atoms with van der Waals surface area (Å²) in [7, 11) is 1.65. The predicted octanol–water partition coefficient (Wildman–Crippen LogP) is 3.89. The highest BCUT2D eigenvalue weighted by molar-refractivity contribution is 7.17. The molecule has 2 aromatic heterocycles. The van der Waals surface area contributed by atoms with Crippen molar-refractivity contribution in [1.29, 1.82) is 0 Å². The van der Waals surface area contributed by atoms with E-state index in [2.05, 4.69) is 26.3 Å². The van der Waals surface area contributed by atoms with Gasteiger partial charge in [-0.05, 0) is 42.0 Å². The lowest BCUT2D eigenvalue weighted by molar-refractivity contribution is -0.115. The van der Waals surface area contributed by atoms with Gasteiger partial charge in [-0.25, -0.2) is 15.0 Å². The standard InChI is InChI=1S/C21H17N5O2S2/c1-28-7-6-26(14-3-5-16-19(10-14)30-12-23-16)21-24-17(20(27)25-21)8-13-2-4-15-18(9-13)29-11-22-15/h2-5,8-12H,6-7H2,1H3,(H,24,25,27)/b17-8-. The topological polar surface area (TPSA) is 79.7 Å². The smallest absolute Gasteiger partial charge is 0.276 e. The van der Waals surface area contributed by atoms with Gasteiger partial charge in [0.25, 0.3) is 5.91 Å². The van der Waals surface area contributed by atoms with Crippen molar-refractivity contribution in [3.8, 4) is 0 Å². The number of fused-ring (bicyclic) bond motifs is 2. The van der Waals surface area contributed by atoms with Crippen LogP contribution in [0, 0.1) is 0 Å². The van der Waals surface area contributed by atoms with Gasteiger partial charge in [-0.15, -0.1) is 22.7 Å². The number of methoxy groups -OCH3 is 1. The Morgan fingerprint density at radius 1 is 1.07 bits per heavy atom. The van der Waals surface area contributed by atoms with Gasteiger partial charge in [0.05, 0.1) is 38.1 Å². The van der Waals surface area contributed by atoms with Crippen LogP contribution in [0.15, 0.2) is 58.1 Å². The fourth-order valence-electron chi connectivity index (χ4n) is 3.25. The molecule has 0 saturated carbocycles. The molecule has 150 valence electrons. The molecule has 0 unspecified atom stereocenters. The second-order valence-electron chi connectivity index (χ2n) is 6.65. The van der Waals surface area contributed by atoms with E-state index in [1.807, 2.05) is 46.3 Å². The molecule has 1 aliphatic rings. The number of amides is 1. The molecule has 0 bridgehead atoms. The Morgan fingerprint density at radius 2 is 1.80 bits per heavy atom. The van der Waals surface area contributed by atoms with Crippen molar-refractivity contribution >= 4 is 66.7 Å². The molecule has 5 rings (SSSR count). The molecule has 3 heterocycles. The normalized spacial score (nSPS) is 15.2. The summed E-state index contributed by atoms with van der Waals surface area (Å²) in [6.45, 7) is 1.05. The van der Waals surface area contributed by atoms with Gasteiger partial charge in [0.1, 0.15) is 5.70 Å². The number of benzene rings is 2. The third-order valence-corrected chi connectivity index (χ3v) is 6.33. The van der Waals surface area contributed by atoms with Gasteiger partial charge < -0.3 is 9.64 Å². The zero-order chi connectivity index (χ0) is 20.5. The van der Waals surface area contributed by atoms with Gasteiger partial charge >= 0.3 is 0 Å². The lowest BCUT2D eigenvalue weighted by atomic mass is 10.2. The average Bonchev–Trinajstić information content (AvgIpc) is 3.48. The van der Waals surface area contributed by atoms with Crippen molar-refractivity contribution in [2.45, 2.75) is 0 Å². The molecule has 0 spiro atoms. The molecule has 7 nitrogen and oxygen atoms in total. The van der Waals surface area contributed by atoms with E-state index in [9.17, 15) is 4.79 Å². The number of nitrogens with zero attached hydrogens (tertiary/aromatic N) is 4. The van der Waals surface area contributed by atoms with E-state index in [1.165, 1.54) is 0 Å². The van der Waals surface area contributed by atoms with Crippen LogP contribution in [-0.4, -0.2) is 42.1 Å². The molecule has 1 aliphatic heterocycles. The van der Waals surface area contributed by atoms with E-state index in [0.717, 1.165) is 31.7 Å². The quantitative estimate of drug-likeness (QED) is 0.481. The third-order valence-electron chi connectivity index (χ3n) is 4.74. The number of thiazole rings is 2. The summed E-state index contributed by atoms with van der Waals surface area (Å²) in [5.41, 5.74) is 7.75. The Balaban J connectivity index is 1.49. The average molecular weight is 436 g/mol. The Bertz CT molecular complexity index is 1310. The number of anilines is 1. The number of carbonyl (C=O) groups excluding carboxylic acids is 1. The molecule has 0 aliphatic carbocycles. The Hall–Kier alpha value is -3.14. The predicted molar refractivity (Wildman–Crippen MR) is 122 cm³/mol. The number of aromatic nitrogens is 2. The number of nitrogens with one attached hydrogen (secondary N) is 1. The first-order chi connectivity index (χ1) is 14.7. The van der Waals surface area contributed by atoms with Crippen molar-refractivity contribution in [3.05, 3.63) is 58.7 Å². The maximum absolute atomic E-state index is 12.6. The molecule has 0 radical (unpaired) electrons. The minimum absolute atomic E-state index is 0.226. The molecule has 2 aromatic carbocycles. The molecular weight excluding hydrogens is 418 g/mol. The van der Waals surface area contributed by atoms with Gasteiger partial charge in [0.15, 0.2) is 0 Å². The summed E-state index contributed by atoms with van der Waals surface area (Å²) >= 11 is 3.15. The molecule has 30 heavy (non-hydrogen) atoms. The van der Waals surface area contributed by atoms with Crippen LogP contribution in [0.2, 0.25) is 0 Å². The molecule has 4 aromatic rings. The highest BCUT2D eigenvalue weighted by atomic mass is 32.1. The number of hydrogen-bond acceptors (Lipinski definition) is 8. The van der Waals surface area contributed by atoms with Crippen LogP contribution in [-0.2, 0) is 9.53 Å². The molecule has 1 amide bonds. The van der Waals surface area contributed by atoms with Crippen LogP contribution in [0.3, 0.4) is 0 Å². The maximum Gasteiger partial charge on any atom is 0.276 e. The third kappa shape index (κ3) is 3.58.